The molecule has 0 aliphatic carbocycles. The number of guanidine groups is 1. The first-order chi connectivity index (χ1) is 10.9. The fourth-order valence-electron chi connectivity index (χ4n) is 2.71. The van der Waals surface area contributed by atoms with Crippen molar-refractivity contribution in [3.05, 3.63) is 12.2 Å². The van der Waals surface area contributed by atoms with Crippen LogP contribution in [-0.2, 0) is 13.6 Å². The summed E-state index contributed by atoms with van der Waals surface area (Å²) in [5, 5.41) is 7.52. The summed E-state index contributed by atoms with van der Waals surface area (Å²) in [6.45, 7) is 11.7. The van der Waals surface area contributed by atoms with Crippen molar-refractivity contribution in [2.24, 2.45) is 12.0 Å². The van der Waals surface area contributed by atoms with E-state index in [1.165, 1.54) is 0 Å². The Morgan fingerprint density at radius 3 is 2.38 bits per heavy atom. The summed E-state index contributed by atoms with van der Waals surface area (Å²) < 4.78 is 1.78. The Labute approximate surface area is 163 Å². The van der Waals surface area contributed by atoms with Gasteiger partial charge in [0.1, 0.15) is 12.2 Å². The van der Waals surface area contributed by atoms with Crippen LogP contribution < -0.4 is 5.32 Å². The first-order valence-electron chi connectivity index (χ1n) is 8.37. The molecule has 1 heterocycles. The van der Waals surface area contributed by atoms with Gasteiger partial charge in [-0.2, -0.15) is 5.10 Å². The van der Waals surface area contributed by atoms with E-state index >= 15 is 0 Å². The normalized spacial score (nSPS) is 12.0. The van der Waals surface area contributed by atoms with E-state index in [0.29, 0.717) is 18.6 Å². The van der Waals surface area contributed by atoms with Gasteiger partial charge >= 0.3 is 0 Å². The molecule has 0 fully saturated rings. The largest absolute Gasteiger partial charge is 0.356 e. The zero-order valence-electron chi connectivity index (χ0n) is 16.2. The smallest absolute Gasteiger partial charge is 0.193 e. The van der Waals surface area contributed by atoms with Gasteiger partial charge in [-0.3, -0.25) is 14.6 Å². The van der Waals surface area contributed by atoms with Crippen molar-refractivity contribution in [1.29, 1.82) is 0 Å². The Kier molecular flexibility index (Phi) is 11.2. The zero-order valence-corrected chi connectivity index (χ0v) is 18.5. The Morgan fingerprint density at radius 1 is 1.29 bits per heavy atom. The van der Waals surface area contributed by atoms with Crippen molar-refractivity contribution in [1.82, 2.24) is 29.9 Å². The third kappa shape index (κ3) is 7.33. The molecule has 0 saturated heterocycles. The lowest BCUT2D eigenvalue weighted by atomic mass is 10.2. The molecule has 1 rings (SSSR count). The molecule has 0 amide bonds. The third-order valence-corrected chi connectivity index (χ3v) is 3.96. The average molecular weight is 451 g/mol. The topological polar surface area (TPSA) is 61.6 Å². The second-order valence-electron chi connectivity index (χ2n) is 6.41. The molecule has 0 spiro atoms. The molecule has 0 aliphatic heterocycles. The van der Waals surface area contributed by atoms with Crippen LogP contribution >= 0.6 is 24.0 Å². The van der Waals surface area contributed by atoms with Gasteiger partial charge in [0.05, 0.1) is 6.54 Å². The number of nitrogens with one attached hydrogen (secondary N) is 1. The summed E-state index contributed by atoms with van der Waals surface area (Å²) in [6.07, 6.45) is 2.67. The van der Waals surface area contributed by atoms with E-state index in [0.717, 1.165) is 31.3 Å². The van der Waals surface area contributed by atoms with E-state index in [1.54, 1.807) is 11.0 Å². The minimum Gasteiger partial charge on any atom is -0.356 e. The Hall–Kier alpha value is -0.900. The van der Waals surface area contributed by atoms with Crippen LogP contribution in [0, 0.1) is 0 Å². The number of rotatable bonds is 8. The zero-order chi connectivity index (χ0) is 17.4. The van der Waals surface area contributed by atoms with E-state index < -0.39 is 0 Å². The molecule has 1 aromatic heterocycles. The summed E-state index contributed by atoms with van der Waals surface area (Å²) in [4.78, 5) is 13.2. The van der Waals surface area contributed by atoms with Gasteiger partial charge in [0, 0.05) is 46.3 Å². The summed E-state index contributed by atoms with van der Waals surface area (Å²) in [5.41, 5.74) is 0. The molecular formula is C16H34IN7. The van der Waals surface area contributed by atoms with Gasteiger partial charge in [0.25, 0.3) is 0 Å². The van der Waals surface area contributed by atoms with Crippen LogP contribution in [-0.4, -0.2) is 69.8 Å². The fourth-order valence-corrected chi connectivity index (χ4v) is 2.71. The van der Waals surface area contributed by atoms with Crippen LogP contribution in [0.1, 0.15) is 39.9 Å². The van der Waals surface area contributed by atoms with E-state index in [1.807, 2.05) is 21.1 Å². The summed E-state index contributed by atoms with van der Waals surface area (Å²) >= 11 is 0. The lowest BCUT2D eigenvalue weighted by Crippen LogP contribution is -2.42. The molecule has 0 atom stereocenters. The van der Waals surface area contributed by atoms with E-state index in [-0.39, 0.29) is 24.0 Å². The number of hydrogen-bond donors (Lipinski definition) is 1. The van der Waals surface area contributed by atoms with E-state index in [2.05, 4.69) is 57.9 Å². The monoisotopic (exact) mass is 451 g/mol. The summed E-state index contributed by atoms with van der Waals surface area (Å²) in [5.74, 6) is 1.80. The van der Waals surface area contributed by atoms with Gasteiger partial charge < -0.3 is 10.2 Å². The SMILES string of the molecule is CN=C(NCCCN(C(C)C)C(C)C)N(C)Cc1ncnn1C.I. The standard InChI is InChI=1S/C16H33N7.HI/c1-13(2)23(14(3)4)10-8-9-18-16(17-5)21(6)11-15-19-12-20-22(15)7;/h12-14H,8-11H2,1-7H3,(H,17,18);1H. The van der Waals surface area contributed by atoms with Crippen molar-refractivity contribution in [2.75, 3.05) is 27.2 Å². The molecule has 8 heteroatoms. The van der Waals surface area contributed by atoms with Crippen LogP contribution in [0.25, 0.3) is 0 Å². The average Bonchev–Trinajstić information content (AvgIpc) is 2.87. The molecule has 140 valence electrons. The van der Waals surface area contributed by atoms with Crippen LogP contribution in [0.2, 0.25) is 0 Å². The molecule has 0 unspecified atom stereocenters. The molecule has 7 nitrogen and oxygen atoms in total. The Morgan fingerprint density at radius 2 is 1.92 bits per heavy atom. The number of halogens is 1. The van der Waals surface area contributed by atoms with E-state index in [9.17, 15) is 0 Å². The Bertz CT molecular complexity index is 477. The number of aryl methyl sites for hydroxylation is 1. The highest BCUT2D eigenvalue weighted by Crippen LogP contribution is 2.05. The van der Waals surface area contributed by atoms with Crippen molar-refractivity contribution < 1.29 is 0 Å². The predicted molar refractivity (Wildman–Crippen MR) is 111 cm³/mol. The molecule has 1 N–H and O–H groups in total. The quantitative estimate of drug-likeness (QED) is 0.283. The molecule has 0 saturated carbocycles. The molecule has 0 aromatic carbocycles. The molecular weight excluding hydrogens is 417 g/mol. The van der Waals surface area contributed by atoms with Gasteiger partial charge in [-0.25, -0.2) is 4.98 Å². The van der Waals surface area contributed by atoms with Gasteiger partial charge in [0.2, 0.25) is 0 Å². The van der Waals surface area contributed by atoms with Crippen molar-refractivity contribution >= 4 is 29.9 Å². The molecule has 1 aromatic rings. The molecule has 24 heavy (non-hydrogen) atoms. The minimum atomic E-state index is 0. The number of aromatic nitrogens is 3. The van der Waals surface area contributed by atoms with Crippen molar-refractivity contribution in [3.8, 4) is 0 Å². The van der Waals surface area contributed by atoms with Gasteiger partial charge in [-0.05, 0) is 34.1 Å². The third-order valence-electron chi connectivity index (χ3n) is 3.96. The van der Waals surface area contributed by atoms with E-state index in [4.69, 9.17) is 0 Å². The highest BCUT2D eigenvalue weighted by atomic mass is 127. The highest BCUT2D eigenvalue weighted by Gasteiger charge is 2.13. The van der Waals surface area contributed by atoms with Crippen LogP contribution in [0.5, 0.6) is 0 Å². The Balaban J connectivity index is 0.00000529. The second kappa shape index (κ2) is 11.6. The summed E-state index contributed by atoms with van der Waals surface area (Å²) in [7, 11) is 5.72. The van der Waals surface area contributed by atoms with Crippen molar-refractivity contribution in [3.63, 3.8) is 0 Å². The first-order valence-corrected chi connectivity index (χ1v) is 8.37. The highest BCUT2D eigenvalue weighted by molar-refractivity contribution is 14.0. The fraction of sp³-hybridized carbons (Fsp3) is 0.812. The number of aliphatic imine (C=N–C) groups is 1. The van der Waals surface area contributed by atoms with Crippen LogP contribution in [0.15, 0.2) is 11.3 Å². The minimum absolute atomic E-state index is 0. The predicted octanol–water partition coefficient (Wildman–Crippen LogP) is 1.95. The molecule has 0 aliphatic rings. The lowest BCUT2D eigenvalue weighted by molar-refractivity contribution is 0.173. The maximum absolute atomic E-state index is 4.35. The van der Waals surface area contributed by atoms with Crippen LogP contribution in [0.3, 0.4) is 0 Å². The van der Waals surface area contributed by atoms with Gasteiger partial charge in [0.15, 0.2) is 5.96 Å². The first kappa shape index (κ1) is 23.1. The van der Waals surface area contributed by atoms with Crippen molar-refractivity contribution in [2.45, 2.75) is 52.7 Å². The maximum Gasteiger partial charge on any atom is 0.193 e. The summed E-state index contributed by atoms with van der Waals surface area (Å²) in [6, 6.07) is 1.15. The molecule has 0 radical (unpaired) electrons. The lowest BCUT2D eigenvalue weighted by Gasteiger charge is -2.30. The van der Waals surface area contributed by atoms with Gasteiger partial charge in [-0.1, -0.05) is 0 Å². The number of nitrogens with zero attached hydrogens (tertiary/aromatic N) is 6. The number of hydrogen-bond acceptors (Lipinski definition) is 4. The van der Waals surface area contributed by atoms with Gasteiger partial charge in [-0.15, -0.1) is 24.0 Å². The van der Waals surface area contributed by atoms with Crippen LogP contribution in [0.4, 0.5) is 0 Å². The molecule has 0 bridgehead atoms. The second-order valence-corrected chi connectivity index (χ2v) is 6.41. The maximum atomic E-state index is 4.35.